The zero-order valence-corrected chi connectivity index (χ0v) is 16.1. The van der Waals surface area contributed by atoms with Gasteiger partial charge in [0.1, 0.15) is 17.4 Å². The van der Waals surface area contributed by atoms with Crippen LogP contribution in [0, 0.1) is 11.8 Å². The molecule has 1 aromatic carbocycles. The minimum Gasteiger partial charge on any atom is -0.486 e. The lowest BCUT2D eigenvalue weighted by atomic mass is 10.2. The summed E-state index contributed by atoms with van der Waals surface area (Å²) in [6.07, 6.45) is 2.06. The molecule has 1 aromatic heterocycles. The maximum Gasteiger partial charge on any atom is 0.226 e. The van der Waals surface area contributed by atoms with Gasteiger partial charge in [0.15, 0.2) is 0 Å². The zero-order valence-electron chi connectivity index (χ0n) is 14.6. The number of carbonyl (C=O) groups is 1. The highest BCUT2D eigenvalue weighted by molar-refractivity contribution is 7.09. The molecule has 0 saturated heterocycles. The van der Waals surface area contributed by atoms with Gasteiger partial charge in [0, 0.05) is 22.9 Å². The first-order valence-electron chi connectivity index (χ1n) is 8.61. The van der Waals surface area contributed by atoms with E-state index in [1.807, 2.05) is 22.4 Å². The molecule has 1 aliphatic carbocycles. The van der Waals surface area contributed by atoms with E-state index in [-0.39, 0.29) is 11.8 Å². The lowest BCUT2D eigenvalue weighted by molar-refractivity contribution is -0.133. The quantitative estimate of drug-likeness (QED) is 0.664. The standard InChI is InChI=1S/C19H23ClN2O2S/c1-13(2)9-22(19(23)14-3-4-14)10-16-12-25-18(21-16)11-24-17-7-5-15(20)6-8-17/h5-8,12-14H,3-4,9-11H2,1-2H3. The van der Waals surface area contributed by atoms with E-state index in [4.69, 9.17) is 16.3 Å². The normalized spacial score (nSPS) is 13.9. The number of hydrogen-bond acceptors (Lipinski definition) is 4. The molecule has 2 aromatic rings. The van der Waals surface area contributed by atoms with E-state index in [1.165, 1.54) is 0 Å². The lowest BCUT2D eigenvalue weighted by Crippen LogP contribution is -2.34. The highest BCUT2D eigenvalue weighted by Gasteiger charge is 2.33. The van der Waals surface area contributed by atoms with Crippen molar-refractivity contribution >= 4 is 28.8 Å². The minimum atomic E-state index is 0.241. The van der Waals surface area contributed by atoms with Gasteiger partial charge in [-0.05, 0) is 43.0 Å². The number of benzene rings is 1. The van der Waals surface area contributed by atoms with Crippen molar-refractivity contribution in [2.75, 3.05) is 6.54 Å². The average Bonchev–Trinajstić information content (AvgIpc) is 3.33. The van der Waals surface area contributed by atoms with Crippen LogP contribution in [0.15, 0.2) is 29.6 Å². The van der Waals surface area contributed by atoms with Crippen LogP contribution in [0.3, 0.4) is 0 Å². The summed E-state index contributed by atoms with van der Waals surface area (Å²) in [4.78, 5) is 19.0. The smallest absolute Gasteiger partial charge is 0.226 e. The van der Waals surface area contributed by atoms with Gasteiger partial charge in [-0.2, -0.15) is 0 Å². The average molecular weight is 379 g/mol. The fourth-order valence-electron chi connectivity index (χ4n) is 2.62. The number of rotatable bonds is 8. The lowest BCUT2D eigenvalue weighted by Gasteiger charge is -2.23. The monoisotopic (exact) mass is 378 g/mol. The molecule has 0 aliphatic heterocycles. The molecule has 3 rings (SSSR count). The summed E-state index contributed by atoms with van der Waals surface area (Å²) in [7, 11) is 0. The third-order valence-electron chi connectivity index (χ3n) is 3.95. The van der Waals surface area contributed by atoms with Crippen LogP contribution in [-0.4, -0.2) is 22.3 Å². The predicted molar refractivity (Wildman–Crippen MR) is 101 cm³/mol. The molecule has 1 fully saturated rings. The van der Waals surface area contributed by atoms with E-state index >= 15 is 0 Å². The zero-order chi connectivity index (χ0) is 17.8. The van der Waals surface area contributed by atoms with Gasteiger partial charge < -0.3 is 9.64 Å². The van der Waals surface area contributed by atoms with Crippen molar-refractivity contribution in [1.29, 1.82) is 0 Å². The molecule has 1 heterocycles. The highest BCUT2D eigenvalue weighted by atomic mass is 35.5. The molecule has 0 N–H and O–H groups in total. The maximum absolute atomic E-state index is 12.5. The molecule has 1 saturated carbocycles. The molecule has 0 spiro atoms. The third kappa shape index (κ3) is 5.44. The number of hydrogen-bond donors (Lipinski definition) is 0. The van der Waals surface area contributed by atoms with Crippen LogP contribution in [0.1, 0.15) is 37.4 Å². The SMILES string of the molecule is CC(C)CN(Cc1csc(COc2ccc(Cl)cc2)n1)C(=O)C1CC1. The van der Waals surface area contributed by atoms with Gasteiger partial charge in [-0.15, -0.1) is 11.3 Å². The fraction of sp³-hybridized carbons (Fsp3) is 0.474. The summed E-state index contributed by atoms with van der Waals surface area (Å²) in [5.41, 5.74) is 0.939. The van der Waals surface area contributed by atoms with Crippen molar-refractivity contribution in [1.82, 2.24) is 9.88 Å². The summed E-state index contributed by atoms with van der Waals surface area (Å²) in [6, 6.07) is 7.29. The number of halogens is 1. The number of carbonyl (C=O) groups excluding carboxylic acids is 1. The Bertz CT molecular complexity index is 710. The first kappa shape index (κ1) is 18.2. The van der Waals surface area contributed by atoms with Crippen LogP contribution in [0.5, 0.6) is 5.75 Å². The van der Waals surface area contributed by atoms with E-state index in [0.29, 0.717) is 24.1 Å². The molecular formula is C19H23ClN2O2S. The van der Waals surface area contributed by atoms with Crippen molar-refractivity contribution < 1.29 is 9.53 Å². The molecular weight excluding hydrogens is 356 g/mol. The first-order valence-corrected chi connectivity index (χ1v) is 9.87. The Kier molecular flexibility index (Phi) is 5.97. The largest absolute Gasteiger partial charge is 0.486 e. The Balaban J connectivity index is 1.57. The highest BCUT2D eigenvalue weighted by Crippen LogP contribution is 2.32. The molecule has 6 heteroatoms. The number of amides is 1. The number of thiazole rings is 1. The van der Waals surface area contributed by atoms with Crippen LogP contribution in [-0.2, 0) is 17.9 Å². The Hall–Kier alpha value is -1.59. The van der Waals surface area contributed by atoms with E-state index in [2.05, 4.69) is 18.8 Å². The van der Waals surface area contributed by atoms with E-state index in [1.54, 1.807) is 23.5 Å². The summed E-state index contributed by atoms with van der Waals surface area (Å²) >= 11 is 7.44. The summed E-state index contributed by atoms with van der Waals surface area (Å²) in [5, 5.41) is 3.62. The van der Waals surface area contributed by atoms with Crippen molar-refractivity contribution in [2.45, 2.75) is 39.8 Å². The second-order valence-corrected chi connectivity index (χ2v) is 8.24. The van der Waals surface area contributed by atoms with Gasteiger partial charge in [-0.1, -0.05) is 25.4 Å². The van der Waals surface area contributed by atoms with Crippen molar-refractivity contribution in [3.8, 4) is 5.75 Å². The molecule has 0 atom stereocenters. The Morgan fingerprint density at radius 2 is 2.08 bits per heavy atom. The minimum absolute atomic E-state index is 0.241. The molecule has 4 nitrogen and oxygen atoms in total. The van der Waals surface area contributed by atoms with Gasteiger partial charge >= 0.3 is 0 Å². The summed E-state index contributed by atoms with van der Waals surface area (Å²) < 4.78 is 5.73. The number of ether oxygens (including phenoxy) is 1. The second kappa shape index (κ2) is 8.19. The van der Waals surface area contributed by atoms with Crippen LogP contribution in [0.4, 0.5) is 0 Å². The summed E-state index contributed by atoms with van der Waals surface area (Å²) in [5.74, 6) is 1.74. The Labute approximate surface area is 157 Å². The van der Waals surface area contributed by atoms with Crippen LogP contribution >= 0.6 is 22.9 Å². The third-order valence-corrected chi connectivity index (χ3v) is 5.08. The maximum atomic E-state index is 12.5. The predicted octanol–water partition coefficient (Wildman–Crippen LogP) is 4.77. The first-order chi connectivity index (χ1) is 12.0. The van der Waals surface area contributed by atoms with Crippen LogP contribution in [0.25, 0.3) is 0 Å². The van der Waals surface area contributed by atoms with Gasteiger partial charge in [0.2, 0.25) is 5.91 Å². The Morgan fingerprint density at radius 1 is 1.36 bits per heavy atom. The second-order valence-electron chi connectivity index (χ2n) is 6.86. The van der Waals surface area contributed by atoms with Crippen LogP contribution < -0.4 is 4.74 Å². The van der Waals surface area contributed by atoms with E-state index < -0.39 is 0 Å². The fourth-order valence-corrected chi connectivity index (χ4v) is 3.44. The van der Waals surface area contributed by atoms with Crippen molar-refractivity contribution in [3.05, 3.63) is 45.4 Å². The van der Waals surface area contributed by atoms with Gasteiger partial charge in [-0.25, -0.2) is 4.98 Å². The Morgan fingerprint density at radius 3 is 2.72 bits per heavy atom. The van der Waals surface area contributed by atoms with Crippen molar-refractivity contribution in [3.63, 3.8) is 0 Å². The molecule has 1 amide bonds. The molecule has 0 unspecified atom stereocenters. The van der Waals surface area contributed by atoms with Gasteiger partial charge in [0.25, 0.3) is 0 Å². The van der Waals surface area contributed by atoms with Gasteiger partial charge in [0.05, 0.1) is 12.2 Å². The topological polar surface area (TPSA) is 42.4 Å². The molecule has 1 aliphatic rings. The molecule has 0 radical (unpaired) electrons. The van der Waals surface area contributed by atoms with Crippen molar-refractivity contribution in [2.24, 2.45) is 11.8 Å². The molecule has 134 valence electrons. The van der Waals surface area contributed by atoms with E-state index in [0.717, 1.165) is 35.8 Å². The molecule has 25 heavy (non-hydrogen) atoms. The summed E-state index contributed by atoms with van der Waals surface area (Å²) in [6.45, 7) is 6.07. The number of aromatic nitrogens is 1. The van der Waals surface area contributed by atoms with Crippen LogP contribution in [0.2, 0.25) is 5.02 Å². The van der Waals surface area contributed by atoms with E-state index in [9.17, 15) is 4.79 Å². The van der Waals surface area contributed by atoms with Gasteiger partial charge in [-0.3, -0.25) is 4.79 Å². The number of nitrogens with zero attached hydrogens (tertiary/aromatic N) is 2. The molecule has 0 bridgehead atoms.